The summed E-state index contributed by atoms with van der Waals surface area (Å²) in [5.41, 5.74) is -15.2. The number of hydrogen-bond acceptors (Lipinski definition) is 45. The standard InChI is InChI=1S/C93H162N18O37S2/c1-82(2,3)137-70(118)100-64(101-71(119)138-83(4,5)6)94-42-47-53(113)55(115)50(98-68(108-78(126)145-90(25,26)27)109-79(127)146-91(28,29)30)61(131-47)134-58-46(97-67(106-76(124)143-88(19,20)21)107-77(125)144-89(22,23)24)41-45(96-66(104-74(122)141-86(13,14)15)105-75(123)142-87(16,17)18)52(112)60(58)136-63-57(117)59(49(133-63)44-150-40-38-130-37-39-149)135-62-51(99-69(110-80(128)147-92(31,32)33)111-81(129)148-93(34,35)36)56(116)54(114)48(132-62)43-95-65(102-72(120)139-84(7,8)9)103-73(121)140-85(10,11)12/h45-63,112-117,149H,37-44H2,1-36H3,(H2,94,100,101,118,119)(H2,95,102,103,120,121)(H2,96,104,105,122,123)(H2,97,106,107,124,125)(H2,98,108,109,126,127)(H2,99,110,111,128,129)/t45-,46?,47?,48?,49-,50?,51?,52?,53+,54?,55?,56?,57+,58+,59?,60?,61+,62?,63+/m1/s1. The van der Waals surface area contributed by atoms with Gasteiger partial charge in [0.25, 0.3) is 0 Å². The largest absolute Gasteiger partial charge is 0.444 e. The van der Waals surface area contributed by atoms with Gasteiger partial charge in [-0.15, -0.1) is 0 Å². The Bertz CT molecular complexity index is 4540. The highest BCUT2D eigenvalue weighted by molar-refractivity contribution is 7.99. The summed E-state index contributed by atoms with van der Waals surface area (Å²) in [7, 11) is 0. The molecule has 0 aromatic heterocycles. The molecule has 18 N–H and O–H groups in total. The molecule has 19 atom stereocenters. The van der Waals surface area contributed by atoms with Crippen molar-refractivity contribution < 1.29 is 178 Å². The maximum absolute atomic E-state index is 14.5. The van der Waals surface area contributed by atoms with Crippen LogP contribution in [-0.4, -0.2) is 367 Å². The summed E-state index contributed by atoms with van der Waals surface area (Å²) < 4.78 is 114. The first-order valence-corrected chi connectivity index (χ1v) is 50.0. The van der Waals surface area contributed by atoms with E-state index in [4.69, 9.17) is 100.0 Å². The van der Waals surface area contributed by atoms with Gasteiger partial charge in [-0.05, 0) is 256 Å². The first-order valence-electron chi connectivity index (χ1n) is 48.2. The quantitative estimate of drug-likeness (QED) is 0.0174. The van der Waals surface area contributed by atoms with Crippen molar-refractivity contribution in [2.75, 3.05) is 43.6 Å². The van der Waals surface area contributed by atoms with Crippen molar-refractivity contribution in [1.82, 2.24) is 63.8 Å². The second-order valence-corrected chi connectivity index (χ2v) is 48.0. The molecule has 4 fully saturated rings. The minimum absolute atomic E-state index is 0.0283. The average molecular weight is 2190 g/mol. The number of ether oxygens (including phenoxy) is 19. The molecule has 57 heteroatoms. The molecule has 55 nitrogen and oxygen atoms in total. The van der Waals surface area contributed by atoms with Gasteiger partial charge in [0.15, 0.2) is 18.9 Å². The number of thioether (sulfide) groups is 1. The molecule has 12 amide bonds. The second kappa shape index (κ2) is 54.8. The van der Waals surface area contributed by atoms with Gasteiger partial charge in [0.05, 0.1) is 44.5 Å². The van der Waals surface area contributed by atoms with Crippen LogP contribution in [0.1, 0.15) is 256 Å². The molecule has 3 aliphatic heterocycles. The van der Waals surface area contributed by atoms with Crippen LogP contribution in [0.3, 0.4) is 0 Å². The predicted molar refractivity (Wildman–Crippen MR) is 545 cm³/mol. The predicted octanol–water partition coefficient (Wildman–Crippen LogP) is 7.47. The number of rotatable bonds is 21. The zero-order valence-corrected chi connectivity index (χ0v) is 94.2. The topological polar surface area (TPSA) is 720 Å². The van der Waals surface area contributed by atoms with E-state index in [1.165, 1.54) is 249 Å². The summed E-state index contributed by atoms with van der Waals surface area (Å²) in [6, 6.07) is -8.68. The minimum Gasteiger partial charge on any atom is -0.444 e. The summed E-state index contributed by atoms with van der Waals surface area (Å²) >= 11 is 5.36. The lowest BCUT2D eigenvalue weighted by Gasteiger charge is -2.47. The Morgan fingerprint density at radius 1 is 0.273 bits per heavy atom. The van der Waals surface area contributed by atoms with Crippen LogP contribution in [0, 0.1) is 0 Å². The molecule has 1 saturated carbocycles. The molecule has 0 spiro atoms. The number of hydrogen-bond donors (Lipinski definition) is 19. The third kappa shape index (κ3) is 53.1. The maximum Gasteiger partial charge on any atom is 0.414 e. The summed E-state index contributed by atoms with van der Waals surface area (Å²) in [4.78, 5) is 195. The van der Waals surface area contributed by atoms with Crippen LogP contribution < -0.4 is 63.8 Å². The first-order chi connectivity index (χ1) is 68.1. The van der Waals surface area contributed by atoms with E-state index in [2.05, 4.69) is 96.4 Å². The molecule has 0 aromatic carbocycles. The Balaban J connectivity index is 2.50. The molecule has 1 aliphatic carbocycles. The molecule has 12 unspecified atom stereocenters. The van der Waals surface area contributed by atoms with Crippen LogP contribution in [0.25, 0.3) is 0 Å². The Kier molecular flexibility index (Phi) is 48.1. The number of carbonyl (C=O) groups is 12. The summed E-state index contributed by atoms with van der Waals surface area (Å²) in [5.74, 6) is -5.02. The molecule has 3 saturated heterocycles. The van der Waals surface area contributed by atoms with E-state index in [-0.39, 0.29) is 30.5 Å². The minimum atomic E-state index is -2.52. The molecule has 0 bridgehead atoms. The van der Waals surface area contributed by atoms with E-state index in [1.54, 1.807) is 0 Å². The van der Waals surface area contributed by atoms with Crippen molar-refractivity contribution >= 4 is 133 Å². The van der Waals surface area contributed by atoms with E-state index in [0.29, 0.717) is 0 Å². The zero-order chi connectivity index (χ0) is 115. The number of alkyl carbamates (subject to hydrolysis) is 12. The van der Waals surface area contributed by atoms with Crippen molar-refractivity contribution in [1.29, 1.82) is 0 Å². The fraction of sp³-hybridized carbons (Fsp3) is 0.806. The fourth-order valence-corrected chi connectivity index (χ4v) is 13.9. The van der Waals surface area contributed by atoms with Gasteiger partial charge < -0.3 is 121 Å². The van der Waals surface area contributed by atoms with Crippen molar-refractivity contribution in [3.63, 3.8) is 0 Å². The van der Waals surface area contributed by atoms with Crippen molar-refractivity contribution in [2.24, 2.45) is 30.0 Å². The van der Waals surface area contributed by atoms with Crippen LogP contribution in [0.4, 0.5) is 57.5 Å². The molecule has 4 rings (SSSR count). The van der Waals surface area contributed by atoms with E-state index in [0.717, 1.165) is 11.8 Å². The highest BCUT2D eigenvalue weighted by Gasteiger charge is 2.58. The second-order valence-electron chi connectivity index (χ2n) is 46.4. The van der Waals surface area contributed by atoms with Crippen LogP contribution in [0.15, 0.2) is 30.0 Å². The molecule has 150 heavy (non-hydrogen) atoms. The maximum atomic E-state index is 14.5. The van der Waals surface area contributed by atoms with E-state index >= 15 is 0 Å². The first kappa shape index (κ1) is 132. The monoisotopic (exact) mass is 2190 g/mol. The number of aliphatic hydroxyl groups is 6. The summed E-state index contributed by atoms with van der Waals surface area (Å²) in [6.07, 6.45) is -50.3. The van der Waals surface area contributed by atoms with E-state index < -0.39 is 312 Å². The van der Waals surface area contributed by atoms with Crippen LogP contribution in [0.5, 0.6) is 0 Å². The zero-order valence-electron chi connectivity index (χ0n) is 92.5. The van der Waals surface area contributed by atoms with Crippen molar-refractivity contribution in [3.05, 3.63) is 0 Å². The third-order valence-corrected chi connectivity index (χ3v) is 18.9. The molecule has 0 radical (unpaired) electrons. The molecular weight excluding hydrogens is 2030 g/mol. The van der Waals surface area contributed by atoms with Crippen molar-refractivity contribution in [3.8, 4) is 0 Å². The number of aliphatic imine (C=N–C) groups is 6. The van der Waals surface area contributed by atoms with Crippen LogP contribution in [0.2, 0.25) is 0 Å². The lowest BCUT2D eigenvalue weighted by Crippen LogP contribution is -2.64. The average Bonchev–Trinajstić information content (AvgIpc) is 1.36. The number of nitrogens with one attached hydrogen (secondary N) is 12. The Hall–Kier alpha value is -10.6. The fourth-order valence-electron chi connectivity index (χ4n) is 12.8. The van der Waals surface area contributed by atoms with Crippen LogP contribution >= 0.6 is 24.4 Å². The normalized spacial score (nSPS) is 23.9. The summed E-state index contributed by atoms with van der Waals surface area (Å²) in [5, 5.41) is 106. The molecule has 4 aliphatic rings. The highest BCUT2D eigenvalue weighted by atomic mass is 32.2. The third-order valence-electron chi connectivity index (χ3n) is 17.7. The number of guanidine groups is 6. The van der Waals surface area contributed by atoms with Gasteiger partial charge in [0, 0.05) is 17.3 Å². The number of thiol groups is 1. The molecular formula is C93H162N18O37S2. The van der Waals surface area contributed by atoms with E-state index in [1.807, 2.05) is 0 Å². The molecule has 3 heterocycles. The van der Waals surface area contributed by atoms with Gasteiger partial charge >= 0.3 is 73.1 Å². The SMILES string of the molecule is CC(C)(C)OC(=O)NC(=NCC1OC(OC2[C@@H](CSCCOCCS)O[C@@H](OC3C(O)[C@H](N=C(NC(=O)OC(C)(C)C)NC(=O)OC(C)(C)C)CC(N=C(NC(=O)OC(C)(C)C)NC(=O)OC(C)(C)C)[C@@H]3O[C@@H]3OC(CN=C(NC(=O)OC(C)(C)C)NC(=O)OC(C)(C)C)[C@H](O)C(O)C3N=C(NC(=O)OC(C)(C)C)NC(=O)OC(C)(C)C)[C@H]2O)C(N=C(NC(=O)OC(C)(C)C)NC(=O)OC(C)(C)C)C(O)C1O)NC(=O)OC(C)(C)C. The Labute approximate surface area is 883 Å². The smallest absolute Gasteiger partial charge is 0.414 e. The number of carbonyl (C=O) groups excluding carboxylic acids is 12. The van der Waals surface area contributed by atoms with Gasteiger partial charge in [-0.3, -0.25) is 63.8 Å². The lowest BCUT2D eigenvalue weighted by atomic mass is 9.83. The van der Waals surface area contributed by atoms with Gasteiger partial charge in [0.1, 0.15) is 146 Å². The van der Waals surface area contributed by atoms with Gasteiger partial charge in [-0.25, -0.2) is 87.5 Å². The Morgan fingerprint density at radius 2 is 0.500 bits per heavy atom. The molecule has 858 valence electrons. The number of aliphatic hydroxyl groups excluding tert-OH is 6. The van der Waals surface area contributed by atoms with Gasteiger partial charge in [-0.1, -0.05) is 0 Å². The lowest BCUT2D eigenvalue weighted by molar-refractivity contribution is -0.306. The van der Waals surface area contributed by atoms with Crippen molar-refractivity contribution in [2.45, 2.75) is 439 Å². The van der Waals surface area contributed by atoms with Crippen LogP contribution in [-0.2, 0) is 90.0 Å². The molecule has 0 aromatic rings. The number of nitrogens with zero attached hydrogens (tertiary/aromatic N) is 6. The van der Waals surface area contributed by atoms with Gasteiger partial charge in [-0.2, -0.15) is 24.4 Å². The van der Waals surface area contributed by atoms with Gasteiger partial charge in [0.2, 0.25) is 35.8 Å². The highest BCUT2D eigenvalue weighted by Crippen LogP contribution is 2.40. The van der Waals surface area contributed by atoms with E-state index in [9.17, 15) is 88.2 Å². The summed E-state index contributed by atoms with van der Waals surface area (Å²) in [6.45, 7) is 52.1. The number of amides is 12. The Morgan fingerprint density at radius 3 is 0.753 bits per heavy atom.